The van der Waals surface area contributed by atoms with Crippen molar-refractivity contribution >= 4 is 105 Å². The highest BCUT2D eigenvalue weighted by atomic mass is 32.2. The SMILES string of the molecule is CC[C@H](C)[C@H](NC(=O)[C@@H](NC(=O)[C@@H](N)Cc1ccc(O)cc1)[C@@H](C)CC)C(=O)N[C@@H](CCCCN)C(=O)NCC(=O)N[C@H](C(=O)N[C@@H](Cc1ccccc1)C(=O)N[C@@H](Cc1c[nH]c2ccccc12)C(=O)N[C@@H](CC(=O)O)C(=O)N1CCC[C@H]1C(=O)N[C@@H](C)C(=O)N[C@@H](CSC/C=C(\CC/C=C(\C)CCC=C(C)C)c1ccccc1)C(=O)OC)C(C)C. The molecule has 0 unspecified atom stereocenters. The van der Waals surface area contributed by atoms with Crippen LogP contribution in [0.4, 0.5) is 0 Å². The predicted molar refractivity (Wildman–Crippen MR) is 467 cm³/mol. The zero-order chi connectivity index (χ0) is 88.8. The van der Waals surface area contributed by atoms with E-state index in [4.69, 9.17) is 16.2 Å². The Morgan fingerprint density at radius 1 is 0.595 bits per heavy atom. The molecular weight excluding hydrogens is 1570 g/mol. The van der Waals surface area contributed by atoms with Crippen LogP contribution < -0.4 is 64.6 Å². The molecule has 5 aromatic rings. The number of allylic oxidation sites excluding steroid dienone is 5. The number of likely N-dealkylation sites (tertiary alicyclic amines) is 1. The van der Waals surface area contributed by atoms with Gasteiger partial charge in [0.05, 0.1) is 26.1 Å². The number of carboxylic acid groups (broad SMARTS) is 1. The highest BCUT2D eigenvalue weighted by molar-refractivity contribution is 7.99. The van der Waals surface area contributed by atoms with Crippen molar-refractivity contribution in [2.75, 3.05) is 38.2 Å². The molecule has 1 aliphatic rings. The van der Waals surface area contributed by atoms with Crippen LogP contribution in [0.15, 0.2) is 145 Å². The monoisotopic (exact) mass is 1690 g/mol. The van der Waals surface area contributed by atoms with Crippen LogP contribution in [0.5, 0.6) is 5.75 Å². The summed E-state index contributed by atoms with van der Waals surface area (Å²) in [6.07, 6.45) is 12.6. The summed E-state index contributed by atoms with van der Waals surface area (Å²) >= 11 is 1.41. The molecular formula is C90H126N14O16S. The average Bonchev–Trinajstić information content (AvgIpc) is 1.70. The molecule has 0 bridgehead atoms. The number of nitrogens with zero attached hydrogens (tertiary/aromatic N) is 1. The smallest absolute Gasteiger partial charge is 0.329 e. The first-order chi connectivity index (χ1) is 57.7. The summed E-state index contributed by atoms with van der Waals surface area (Å²) in [6, 6.07) is 17.4. The number of aliphatic carboxylic acids is 1. The van der Waals surface area contributed by atoms with Crippen molar-refractivity contribution in [3.05, 3.63) is 167 Å². The second kappa shape index (κ2) is 50.8. The van der Waals surface area contributed by atoms with Gasteiger partial charge in [0.1, 0.15) is 66.2 Å². The van der Waals surface area contributed by atoms with Gasteiger partial charge in [0.25, 0.3) is 0 Å². The lowest BCUT2D eigenvalue weighted by atomic mass is 9.94. The lowest BCUT2D eigenvalue weighted by Gasteiger charge is -2.30. The number of H-pyrrole nitrogens is 1. The van der Waals surface area contributed by atoms with Crippen LogP contribution in [0, 0.1) is 17.8 Å². The lowest BCUT2D eigenvalue weighted by Crippen LogP contribution is -2.61. The number of hydrogen-bond acceptors (Lipinski definition) is 18. The summed E-state index contributed by atoms with van der Waals surface area (Å²) in [5.74, 6) is -11.9. The summed E-state index contributed by atoms with van der Waals surface area (Å²) in [4.78, 5) is 188. The fourth-order valence-corrected chi connectivity index (χ4v) is 14.9. The Bertz CT molecular complexity index is 4380. The third kappa shape index (κ3) is 32.4. The summed E-state index contributed by atoms with van der Waals surface area (Å²) in [7, 11) is 1.20. The van der Waals surface area contributed by atoms with Gasteiger partial charge in [0.2, 0.25) is 65.0 Å². The number of thioether (sulfide) groups is 1. The number of amides is 11. The van der Waals surface area contributed by atoms with Crippen molar-refractivity contribution in [3.8, 4) is 5.75 Å². The minimum Gasteiger partial charge on any atom is -0.508 e. The normalized spacial score (nSPS) is 15.8. The Balaban J connectivity index is 1.14. The Kier molecular flexibility index (Phi) is 41.4. The standard InChI is InChI=1S/C90H126N14O16S/c1-12-57(8)78(103-88(117)79(58(9)13-2)102-81(110)67(92)47-61-39-41-65(105)42-40-61)87(116)96-69(37-22-23-44-91)82(111)94-52-75(106)101-77(55(5)6)86(115)98-70(48-60-30-16-14-17-31-60)83(112)97-71(49-64-51-93-68-36-21-20-35-66(64)68)84(113)99-72(50-76(107)108)89(118)104-45-26-38-74(104)85(114)95-59(10)80(109)100-73(90(119)120-11)53-121-46-43-63(62-32-18-15-19-33-62)34-25-29-56(7)28-24-27-54(3)4/h14-21,27,29-33,35-36,39-43,51,55,57-59,67,69-74,77-79,93,105H,12-13,22-26,28,34,37-38,44-50,52-53,91-92H2,1-11H3,(H,94,111)(H,95,114)(H,96,116)(H,97,112)(H,98,115)(H,99,113)(H,100,109)(H,101,106)(H,102,110)(H,103,117)(H,107,108)/b56-29+,63-43+/t57-,58-,59-,67-,69-,70-,71-,72-,73-,74-,77-,78-,79-/m0/s1. The third-order valence-corrected chi connectivity index (χ3v) is 22.5. The molecule has 1 aliphatic heterocycles. The largest absolute Gasteiger partial charge is 0.508 e. The highest BCUT2D eigenvalue weighted by Gasteiger charge is 2.42. The number of phenols is 1. The first-order valence-corrected chi connectivity index (χ1v) is 43.0. The van der Waals surface area contributed by atoms with Crippen LogP contribution in [-0.4, -0.2) is 202 Å². The highest BCUT2D eigenvalue weighted by Crippen LogP contribution is 2.26. The molecule has 13 atom stereocenters. The number of nitrogens with two attached hydrogens (primary N) is 2. The number of unbranched alkanes of at least 4 members (excludes halogenated alkanes) is 1. The Hall–Kier alpha value is -11.2. The number of aromatic amines is 1. The van der Waals surface area contributed by atoms with E-state index in [0.717, 1.165) is 41.7 Å². The summed E-state index contributed by atoms with van der Waals surface area (Å²) in [5, 5.41) is 47.7. The van der Waals surface area contributed by atoms with Gasteiger partial charge in [-0.25, -0.2) is 4.79 Å². The molecule has 4 aromatic carbocycles. The number of rotatable bonds is 50. The second-order valence-corrected chi connectivity index (χ2v) is 32.7. The summed E-state index contributed by atoms with van der Waals surface area (Å²) < 4.78 is 5.08. The van der Waals surface area contributed by atoms with Crippen molar-refractivity contribution in [2.24, 2.45) is 29.2 Å². The molecule has 30 nitrogen and oxygen atoms in total. The van der Waals surface area contributed by atoms with Gasteiger partial charge in [-0.05, 0) is 162 Å². The van der Waals surface area contributed by atoms with E-state index in [1.165, 1.54) is 49.1 Å². The van der Waals surface area contributed by atoms with Gasteiger partial charge in [0, 0.05) is 48.0 Å². The van der Waals surface area contributed by atoms with Crippen molar-refractivity contribution < 1.29 is 77.3 Å². The first kappa shape index (κ1) is 98.6. The lowest BCUT2D eigenvalue weighted by molar-refractivity contribution is -0.146. The van der Waals surface area contributed by atoms with E-state index >= 15 is 9.59 Å². The molecule has 1 aromatic heterocycles. The van der Waals surface area contributed by atoms with Gasteiger partial charge in [-0.15, -0.1) is 0 Å². The fraction of sp³-hybridized carbons (Fsp3) is 0.500. The van der Waals surface area contributed by atoms with Gasteiger partial charge < -0.3 is 89.5 Å². The number of aromatic nitrogens is 1. The Labute approximate surface area is 714 Å². The number of esters is 1. The van der Waals surface area contributed by atoms with Crippen LogP contribution in [0.1, 0.15) is 169 Å². The first-order valence-electron chi connectivity index (χ1n) is 41.8. The van der Waals surface area contributed by atoms with Gasteiger partial charge >= 0.3 is 11.9 Å². The minimum absolute atomic E-state index is 0.0405. The number of fused-ring (bicyclic) bond motifs is 1. The maximum Gasteiger partial charge on any atom is 0.329 e. The molecule has 1 fully saturated rings. The molecule has 6 rings (SSSR count). The quantitative estimate of drug-likeness (QED) is 0.0112. The number of para-hydroxylation sites is 1. The van der Waals surface area contributed by atoms with Crippen LogP contribution >= 0.6 is 11.8 Å². The number of hydrogen-bond donors (Lipinski definition) is 15. The van der Waals surface area contributed by atoms with Crippen LogP contribution in [0.2, 0.25) is 0 Å². The number of methoxy groups -OCH3 is 1. The number of carboxylic acids is 1. The topological polar surface area (TPSA) is 463 Å². The average molecular weight is 1690 g/mol. The van der Waals surface area contributed by atoms with E-state index in [1.54, 1.807) is 101 Å². The number of benzene rings is 4. The molecule has 121 heavy (non-hydrogen) atoms. The Morgan fingerprint density at radius 3 is 1.79 bits per heavy atom. The van der Waals surface area contributed by atoms with E-state index in [2.05, 4.69) is 97.2 Å². The number of aromatic hydroxyl groups is 1. The minimum atomic E-state index is -1.82. The van der Waals surface area contributed by atoms with Crippen molar-refractivity contribution in [1.82, 2.24) is 63.1 Å². The number of ether oxygens (including phenoxy) is 1. The zero-order valence-corrected chi connectivity index (χ0v) is 72.4. The number of carbonyl (C=O) groups is 13. The summed E-state index contributed by atoms with van der Waals surface area (Å²) in [5.41, 5.74) is 19.3. The number of phenolic OH excluding ortho intramolecular Hbond substituents is 1. The van der Waals surface area contributed by atoms with E-state index in [0.29, 0.717) is 59.0 Å². The van der Waals surface area contributed by atoms with Gasteiger partial charge in [0.15, 0.2) is 0 Å². The maximum absolute atomic E-state index is 15.1. The Morgan fingerprint density at radius 2 is 1.17 bits per heavy atom. The van der Waals surface area contributed by atoms with Gasteiger partial charge in [-0.2, -0.15) is 11.8 Å². The van der Waals surface area contributed by atoms with Crippen LogP contribution in [0.3, 0.4) is 0 Å². The molecule has 0 saturated carbocycles. The van der Waals surface area contributed by atoms with E-state index in [1.807, 2.05) is 44.2 Å². The molecule has 658 valence electrons. The van der Waals surface area contributed by atoms with E-state index < -0.39 is 174 Å². The molecule has 11 amide bonds. The van der Waals surface area contributed by atoms with Crippen LogP contribution in [0.25, 0.3) is 16.5 Å². The van der Waals surface area contributed by atoms with Crippen molar-refractivity contribution in [3.63, 3.8) is 0 Å². The van der Waals surface area contributed by atoms with Crippen molar-refractivity contribution in [1.29, 1.82) is 0 Å². The summed E-state index contributed by atoms with van der Waals surface area (Å²) in [6.45, 7) is 17.6. The fourth-order valence-electron chi connectivity index (χ4n) is 13.9. The molecule has 0 radical (unpaired) electrons. The van der Waals surface area contributed by atoms with Gasteiger partial charge in [-0.3, -0.25) is 57.5 Å². The van der Waals surface area contributed by atoms with Crippen molar-refractivity contribution in [2.45, 2.75) is 232 Å². The molecule has 31 heteroatoms. The molecule has 2 heterocycles. The molecule has 0 aliphatic carbocycles. The third-order valence-electron chi connectivity index (χ3n) is 21.5. The zero-order valence-electron chi connectivity index (χ0n) is 71.5. The van der Waals surface area contributed by atoms with Crippen LogP contribution in [-0.2, 0) is 86.3 Å². The van der Waals surface area contributed by atoms with Gasteiger partial charge in [-0.1, -0.05) is 175 Å². The van der Waals surface area contributed by atoms with E-state index in [-0.39, 0.29) is 63.1 Å². The number of carbonyl (C=O) groups excluding carboxylic acids is 12. The number of nitrogens with one attached hydrogen (secondary N) is 11. The molecule has 1 saturated heterocycles. The molecule has 17 N–H and O–H groups in total. The molecule has 0 spiro atoms. The maximum atomic E-state index is 15.1. The predicted octanol–water partition coefficient (Wildman–Crippen LogP) is 6.53. The van der Waals surface area contributed by atoms with E-state index in [9.17, 15) is 63.0 Å². The second-order valence-electron chi connectivity index (χ2n) is 31.7.